The quantitative estimate of drug-likeness (QED) is 0.278. The Labute approximate surface area is 219 Å². The molecule has 5 atom stereocenters. The highest BCUT2D eigenvalue weighted by atomic mass is 16.5. The van der Waals surface area contributed by atoms with Crippen LogP contribution in [0.4, 0.5) is 0 Å². The SMILES string of the molecule is CC1(C)C2CC[C@@]1(C)C(c1cccc3ccccc13)C2OC(=O)C[C@@H](O)CC(=O)C=Cc1ccccc1. The molecule has 0 spiro atoms. The molecule has 1 N–H and O–H groups in total. The molecule has 0 heterocycles. The van der Waals surface area contributed by atoms with Crippen LogP contribution in [-0.4, -0.2) is 29.1 Å². The third-order valence-electron chi connectivity index (χ3n) is 9.31. The maximum atomic E-state index is 13.1. The van der Waals surface area contributed by atoms with Gasteiger partial charge >= 0.3 is 5.97 Å². The predicted octanol–water partition coefficient (Wildman–Crippen LogP) is 6.71. The smallest absolute Gasteiger partial charge is 0.308 e. The Morgan fingerprint density at radius 1 is 0.973 bits per heavy atom. The highest BCUT2D eigenvalue weighted by Crippen LogP contribution is 2.72. The number of esters is 1. The van der Waals surface area contributed by atoms with Crippen LogP contribution in [0.1, 0.15) is 63.5 Å². The first-order valence-electron chi connectivity index (χ1n) is 13.3. The van der Waals surface area contributed by atoms with Crippen LogP contribution in [0.3, 0.4) is 0 Å². The van der Waals surface area contributed by atoms with Gasteiger partial charge in [-0.3, -0.25) is 9.59 Å². The summed E-state index contributed by atoms with van der Waals surface area (Å²) < 4.78 is 6.22. The summed E-state index contributed by atoms with van der Waals surface area (Å²) in [6.07, 6.45) is 3.67. The molecule has 37 heavy (non-hydrogen) atoms. The Hall–Kier alpha value is -3.24. The van der Waals surface area contributed by atoms with E-state index in [0.29, 0.717) is 0 Å². The highest BCUT2D eigenvalue weighted by Gasteiger charge is 2.67. The molecular weight excluding hydrogens is 460 g/mol. The lowest BCUT2D eigenvalue weighted by atomic mass is 9.64. The molecule has 2 saturated carbocycles. The van der Waals surface area contributed by atoms with E-state index in [0.717, 1.165) is 18.4 Å². The van der Waals surface area contributed by atoms with Gasteiger partial charge in [0, 0.05) is 18.3 Å². The van der Waals surface area contributed by atoms with Gasteiger partial charge in [-0.15, -0.1) is 0 Å². The average Bonchev–Trinajstić information content (AvgIpc) is 3.20. The minimum atomic E-state index is -1.07. The summed E-state index contributed by atoms with van der Waals surface area (Å²) >= 11 is 0. The first kappa shape index (κ1) is 25.4. The van der Waals surface area contributed by atoms with E-state index in [-0.39, 0.29) is 47.4 Å². The molecule has 2 bridgehead atoms. The highest BCUT2D eigenvalue weighted by molar-refractivity contribution is 5.94. The number of hydrogen-bond donors (Lipinski definition) is 1. The molecule has 0 aromatic heterocycles. The van der Waals surface area contributed by atoms with Crippen molar-refractivity contribution < 1.29 is 19.4 Å². The molecule has 3 unspecified atom stereocenters. The van der Waals surface area contributed by atoms with E-state index < -0.39 is 12.1 Å². The van der Waals surface area contributed by atoms with Crippen molar-refractivity contribution in [3.63, 3.8) is 0 Å². The third-order valence-corrected chi connectivity index (χ3v) is 9.31. The predicted molar refractivity (Wildman–Crippen MR) is 147 cm³/mol. The molecule has 2 aliphatic rings. The number of carbonyl (C=O) groups excluding carboxylic acids is 2. The van der Waals surface area contributed by atoms with Gasteiger partial charge in [-0.05, 0) is 51.6 Å². The molecule has 4 nitrogen and oxygen atoms in total. The van der Waals surface area contributed by atoms with Crippen molar-refractivity contribution in [1.29, 1.82) is 0 Å². The number of benzene rings is 3. The largest absolute Gasteiger partial charge is 0.461 e. The lowest BCUT2D eigenvalue weighted by Crippen LogP contribution is -2.35. The molecule has 0 saturated heterocycles. The first-order chi connectivity index (χ1) is 17.7. The van der Waals surface area contributed by atoms with Crippen molar-refractivity contribution in [3.8, 4) is 0 Å². The van der Waals surface area contributed by atoms with Crippen molar-refractivity contribution in [2.45, 2.75) is 64.6 Å². The second-order valence-corrected chi connectivity index (χ2v) is 11.6. The van der Waals surface area contributed by atoms with E-state index in [2.05, 4.69) is 57.2 Å². The van der Waals surface area contributed by atoms with E-state index in [9.17, 15) is 14.7 Å². The van der Waals surface area contributed by atoms with Gasteiger partial charge in [0.2, 0.25) is 0 Å². The minimum Gasteiger partial charge on any atom is -0.461 e. The Balaban J connectivity index is 1.32. The number of rotatable bonds is 8. The normalized spacial score (nSPS) is 27.0. The molecule has 4 heteroatoms. The van der Waals surface area contributed by atoms with Crippen molar-refractivity contribution in [2.24, 2.45) is 16.7 Å². The Morgan fingerprint density at radius 3 is 2.46 bits per heavy atom. The molecule has 2 fully saturated rings. The van der Waals surface area contributed by atoms with Crippen molar-refractivity contribution in [3.05, 3.63) is 90.0 Å². The summed E-state index contributed by atoms with van der Waals surface area (Å²) in [5.41, 5.74) is 2.15. The van der Waals surface area contributed by atoms with Gasteiger partial charge in [0.05, 0.1) is 12.5 Å². The Bertz CT molecular complexity index is 1320. The van der Waals surface area contributed by atoms with Crippen molar-refractivity contribution >= 4 is 28.6 Å². The first-order valence-corrected chi connectivity index (χ1v) is 13.3. The van der Waals surface area contributed by atoms with Gasteiger partial charge in [-0.2, -0.15) is 0 Å². The second kappa shape index (κ2) is 9.90. The van der Waals surface area contributed by atoms with Crippen LogP contribution >= 0.6 is 0 Å². The van der Waals surface area contributed by atoms with E-state index in [1.165, 1.54) is 22.4 Å². The summed E-state index contributed by atoms with van der Waals surface area (Å²) in [6.45, 7) is 6.96. The van der Waals surface area contributed by atoms with E-state index in [4.69, 9.17) is 4.74 Å². The van der Waals surface area contributed by atoms with Crippen molar-refractivity contribution in [2.75, 3.05) is 0 Å². The van der Waals surface area contributed by atoms with Crippen LogP contribution in [-0.2, 0) is 14.3 Å². The molecule has 0 amide bonds. The third kappa shape index (κ3) is 4.64. The summed E-state index contributed by atoms with van der Waals surface area (Å²) in [6, 6.07) is 24.3. The zero-order valence-electron chi connectivity index (χ0n) is 21.9. The van der Waals surface area contributed by atoms with Gasteiger partial charge in [0.25, 0.3) is 0 Å². The molecule has 3 aromatic carbocycles. The Morgan fingerprint density at radius 2 is 1.68 bits per heavy atom. The fourth-order valence-corrected chi connectivity index (χ4v) is 7.00. The number of ether oxygens (including phenoxy) is 1. The number of carbonyl (C=O) groups is 2. The molecule has 2 aliphatic carbocycles. The van der Waals surface area contributed by atoms with Gasteiger partial charge in [-0.1, -0.05) is 99.6 Å². The monoisotopic (exact) mass is 496 g/mol. The fraction of sp³-hybridized carbons (Fsp3) is 0.394. The summed E-state index contributed by atoms with van der Waals surface area (Å²) in [5.74, 6) is -0.331. The van der Waals surface area contributed by atoms with Crippen LogP contribution < -0.4 is 0 Å². The van der Waals surface area contributed by atoms with Crippen LogP contribution in [0.5, 0.6) is 0 Å². The topological polar surface area (TPSA) is 63.6 Å². The molecule has 0 radical (unpaired) electrons. The fourth-order valence-electron chi connectivity index (χ4n) is 7.00. The van der Waals surface area contributed by atoms with E-state index in [1.807, 2.05) is 36.4 Å². The number of hydrogen-bond acceptors (Lipinski definition) is 4. The van der Waals surface area contributed by atoms with Crippen molar-refractivity contribution in [1.82, 2.24) is 0 Å². The summed E-state index contributed by atoms with van der Waals surface area (Å²) in [4.78, 5) is 25.4. The van der Waals surface area contributed by atoms with Crippen LogP contribution in [0.25, 0.3) is 16.8 Å². The summed E-state index contributed by atoms with van der Waals surface area (Å²) in [7, 11) is 0. The number of ketones is 1. The molecule has 0 aliphatic heterocycles. The van der Waals surface area contributed by atoms with Crippen LogP contribution in [0, 0.1) is 16.7 Å². The van der Waals surface area contributed by atoms with Crippen LogP contribution in [0.2, 0.25) is 0 Å². The molecule has 3 aromatic rings. The standard InChI is InChI=1S/C33H36O4/c1-32(2)28-18-19-33(32,3)30(27-15-9-13-23-12-7-8-14-26(23)27)31(28)37-29(36)21-25(35)20-24(34)17-16-22-10-5-4-6-11-22/h4-17,25,28,30-31,35H,18-21H2,1-3H3/t25-,28?,30?,31?,33-/m0/s1. The van der Waals surface area contributed by atoms with Crippen LogP contribution in [0.15, 0.2) is 78.9 Å². The lowest BCUT2D eigenvalue weighted by Gasteiger charge is -2.40. The zero-order chi connectivity index (χ0) is 26.2. The van der Waals surface area contributed by atoms with Gasteiger partial charge < -0.3 is 9.84 Å². The van der Waals surface area contributed by atoms with E-state index in [1.54, 1.807) is 6.08 Å². The maximum Gasteiger partial charge on any atom is 0.308 e. The molecule has 192 valence electrons. The average molecular weight is 497 g/mol. The van der Waals surface area contributed by atoms with E-state index >= 15 is 0 Å². The second-order valence-electron chi connectivity index (χ2n) is 11.6. The van der Waals surface area contributed by atoms with Gasteiger partial charge in [-0.25, -0.2) is 0 Å². The minimum absolute atomic E-state index is 0.0103. The zero-order valence-corrected chi connectivity index (χ0v) is 21.9. The number of aliphatic hydroxyl groups is 1. The Kier molecular flexibility index (Phi) is 6.80. The van der Waals surface area contributed by atoms with Gasteiger partial charge in [0.15, 0.2) is 5.78 Å². The van der Waals surface area contributed by atoms with Gasteiger partial charge in [0.1, 0.15) is 6.10 Å². The maximum absolute atomic E-state index is 13.1. The number of aliphatic hydroxyl groups excluding tert-OH is 1. The lowest BCUT2D eigenvalue weighted by molar-refractivity contribution is -0.155. The summed E-state index contributed by atoms with van der Waals surface area (Å²) in [5, 5.41) is 12.9. The number of allylic oxidation sites excluding steroid dienone is 1. The molecular formula is C33H36O4. The molecule has 5 rings (SSSR count). The number of fused-ring (bicyclic) bond motifs is 3.